The zero-order valence-corrected chi connectivity index (χ0v) is 10.1. The van der Waals surface area contributed by atoms with Crippen molar-refractivity contribution in [3.63, 3.8) is 0 Å². The first-order valence-corrected chi connectivity index (χ1v) is 6.74. The molecule has 2 amide bonds. The normalized spacial score (nSPS) is 20.5. The Kier molecular flexibility index (Phi) is 3.18. The first-order valence-electron chi connectivity index (χ1n) is 5.24. The number of nitrogens with zero attached hydrogens (tertiary/aromatic N) is 1. The van der Waals surface area contributed by atoms with Gasteiger partial charge >= 0.3 is 0 Å². The van der Waals surface area contributed by atoms with Crippen LogP contribution in [0, 0.1) is 0 Å². The van der Waals surface area contributed by atoms with E-state index in [1.807, 2.05) is 0 Å². The molecule has 0 saturated carbocycles. The summed E-state index contributed by atoms with van der Waals surface area (Å²) in [7, 11) is -4.52. The van der Waals surface area contributed by atoms with Crippen molar-refractivity contribution in [3.8, 4) is 0 Å². The highest BCUT2D eigenvalue weighted by atomic mass is 32.2. The van der Waals surface area contributed by atoms with E-state index in [4.69, 9.17) is 4.55 Å². The number of hydrogen-bond donors (Lipinski definition) is 1. The van der Waals surface area contributed by atoms with E-state index in [2.05, 4.69) is 0 Å². The molecule has 7 heteroatoms. The molecule has 1 heterocycles. The molecular weight excluding hydrogens is 258 g/mol. The van der Waals surface area contributed by atoms with Crippen molar-refractivity contribution in [1.29, 1.82) is 0 Å². The first kappa shape index (κ1) is 12.7. The zero-order valence-electron chi connectivity index (χ0n) is 9.31. The van der Waals surface area contributed by atoms with Crippen LogP contribution < -0.4 is 0 Å². The van der Waals surface area contributed by atoms with Crippen LogP contribution in [0.15, 0.2) is 30.3 Å². The molecule has 18 heavy (non-hydrogen) atoms. The highest BCUT2D eigenvalue weighted by Crippen LogP contribution is 2.21. The highest BCUT2D eigenvalue weighted by Gasteiger charge is 2.45. The van der Waals surface area contributed by atoms with E-state index in [1.54, 1.807) is 30.3 Å². The molecule has 0 spiro atoms. The molecule has 0 radical (unpaired) electrons. The van der Waals surface area contributed by atoms with Crippen molar-refractivity contribution in [3.05, 3.63) is 35.9 Å². The second kappa shape index (κ2) is 4.51. The molecule has 0 bridgehead atoms. The lowest BCUT2D eigenvalue weighted by atomic mass is 10.2. The Morgan fingerprint density at radius 2 is 1.83 bits per heavy atom. The fraction of sp³-hybridized carbons (Fsp3) is 0.273. The largest absolute Gasteiger partial charge is 0.285 e. The lowest BCUT2D eigenvalue weighted by molar-refractivity contribution is -0.138. The molecular formula is C11H11NO5S. The van der Waals surface area contributed by atoms with Gasteiger partial charge in [0, 0.05) is 0 Å². The molecule has 1 fully saturated rings. The van der Waals surface area contributed by atoms with E-state index in [1.165, 1.54) is 0 Å². The predicted molar refractivity (Wildman–Crippen MR) is 62.0 cm³/mol. The number of benzene rings is 1. The number of rotatable bonds is 3. The maximum atomic E-state index is 11.7. The summed E-state index contributed by atoms with van der Waals surface area (Å²) in [5.41, 5.74) is 0.718. The minimum absolute atomic E-state index is 0.0184. The lowest BCUT2D eigenvalue weighted by Gasteiger charge is -2.14. The summed E-state index contributed by atoms with van der Waals surface area (Å²) in [6, 6.07) is 8.74. The molecule has 1 aromatic carbocycles. The molecule has 1 N–H and O–H groups in total. The Hall–Kier alpha value is -1.73. The van der Waals surface area contributed by atoms with Gasteiger partial charge in [0.05, 0.1) is 13.0 Å². The Morgan fingerprint density at radius 3 is 2.33 bits per heavy atom. The van der Waals surface area contributed by atoms with Crippen molar-refractivity contribution in [2.24, 2.45) is 0 Å². The minimum Gasteiger partial charge on any atom is -0.285 e. The lowest BCUT2D eigenvalue weighted by Crippen LogP contribution is -2.34. The predicted octanol–water partition coefficient (Wildman–Crippen LogP) is 0.202. The Labute approximate surface area is 104 Å². The van der Waals surface area contributed by atoms with Crippen LogP contribution in [0.3, 0.4) is 0 Å². The number of carbonyl (C=O) groups excluding carboxylic acids is 2. The van der Waals surface area contributed by atoms with Gasteiger partial charge in [-0.1, -0.05) is 30.3 Å². The summed E-state index contributed by atoms with van der Waals surface area (Å²) >= 11 is 0. The maximum Gasteiger partial charge on any atom is 0.277 e. The SMILES string of the molecule is O=C1CC(S(=O)(=O)O)C(=O)N1Cc1ccccc1. The second-order valence-corrected chi connectivity index (χ2v) is 5.61. The molecule has 2 rings (SSSR count). The molecule has 0 aromatic heterocycles. The summed E-state index contributed by atoms with van der Waals surface area (Å²) in [6.07, 6.45) is -0.496. The summed E-state index contributed by atoms with van der Waals surface area (Å²) < 4.78 is 30.7. The quantitative estimate of drug-likeness (QED) is 0.625. The van der Waals surface area contributed by atoms with Crippen LogP contribution in [-0.4, -0.2) is 34.9 Å². The number of likely N-dealkylation sites (tertiary alicyclic amines) is 1. The van der Waals surface area contributed by atoms with Crippen molar-refractivity contribution >= 4 is 21.9 Å². The average Bonchev–Trinajstić information content (AvgIpc) is 2.58. The van der Waals surface area contributed by atoms with Crippen LogP contribution in [0.1, 0.15) is 12.0 Å². The minimum atomic E-state index is -4.52. The van der Waals surface area contributed by atoms with E-state index in [0.29, 0.717) is 0 Å². The van der Waals surface area contributed by atoms with Gasteiger partial charge < -0.3 is 0 Å². The third kappa shape index (κ3) is 2.41. The highest BCUT2D eigenvalue weighted by molar-refractivity contribution is 7.87. The molecule has 1 unspecified atom stereocenters. The third-order valence-electron chi connectivity index (χ3n) is 2.75. The average molecular weight is 269 g/mol. The van der Waals surface area contributed by atoms with E-state index < -0.39 is 33.6 Å². The van der Waals surface area contributed by atoms with Crippen LogP contribution in [0.25, 0.3) is 0 Å². The van der Waals surface area contributed by atoms with Crippen LogP contribution in [-0.2, 0) is 26.3 Å². The summed E-state index contributed by atoms with van der Waals surface area (Å²) in [5.74, 6) is -1.46. The second-order valence-electron chi connectivity index (χ2n) is 4.01. The molecule has 0 aliphatic carbocycles. The van der Waals surface area contributed by atoms with Crippen molar-refractivity contribution in [2.75, 3.05) is 0 Å². The molecule has 1 aliphatic rings. The third-order valence-corrected chi connectivity index (χ3v) is 3.83. The fourth-order valence-corrected chi connectivity index (χ4v) is 2.55. The summed E-state index contributed by atoms with van der Waals surface area (Å²) in [4.78, 5) is 24.2. The topological polar surface area (TPSA) is 91.7 Å². The van der Waals surface area contributed by atoms with E-state index in [-0.39, 0.29) is 6.54 Å². The van der Waals surface area contributed by atoms with Crippen molar-refractivity contribution in [2.45, 2.75) is 18.2 Å². The molecule has 96 valence electrons. The van der Waals surface area contributed by atoms with Gasteiger partial charge in [-0.05, 0) is 5.56 Å². The number of hydrogen-bond acceptors (Lipinski definition) is 4. The fourth-order valence-electron chi connectivity index (χ4n) is 1.82. The standard InChI is InChI=1S/C11H11NO5S/c13-10-6-9(18(15,16)17)11(14)12(10)7-8-4-2-1-3-5-8/h1-5,9H,6-7H2,(H,15,16,17). The number of carbonyl (C=O) groups is 2. The van der Waals surface area contributed by atoms with E-state index in [9.17, 15) is 18.0 Å². The van der Waals surface area contributed by atoms with Gasteiger partial charge in [0.15, 0.2) is 5.25 Å². The maximum absolute atomic E-state index is 11.7. The molecule has 1 aromatic rings. The van der Waals surface area contributed by atoms with Gasteiger partial charge in [-0.15, -0.1) is 0 Å². The van der Waals surface area contributed by atoms with Gasteiger partial charge in [0.25, 0.3) is 16.0 Å². The Morgan fingerprint density at radius 1 is 1.22 bits per heavy atom. The summed E-state index contributed by atoms with van der Waals surface area (Å²) in [6.45, 7) is 0.0184. The number of imide groups is 1. The van der Waals surface area contributed by atoms with Crippen molar-refractivity contribution in [1.82, 2.24) is 4.90 Å². The van der Waals surface area contributed by atoms with Crippen LogP contribution in [0.2, 0.25) is 0 Å². The van der Waals surface area contributed by atoms with Gasteiger partial charge in [0.2, 0.25) is 5.91 Å². The molecule has 1 aliphatic heterocycles. The van der Waals surface area contributed by atoms with Crippen LogP contribution in [0.4, 0.5) is 0 Å². The molecule has 6 nitrogen and oxygen atoms in total. The Balaban J connectivity index is 2.21. The number of amides is 2. The van der Waals surface area contributed by atoms with Crippen LogP contribution >= 0.6 is 0 Å². The zero-order chi connectivity index (χ0) is 13.3. The smallest absolute Gasteiger partial charge is 0.277 e. The van der Waals surface area contributed by atoms with Gasteiger partial charge in [0.1, 0.15) is 0 Å². The van der Waals surface area contributed by atoms with E-state index in [0.717, 1.165) is 10.5 Å². The van der Waals surface area contributed by atoms with Gasteiger partial charge in [-0.25, -0.2) is 0 Å². The van der Waals surface area contributed by atoms with Crippen LogP contribution in [0.5, 0.6) is 0 Å². The Bertz CT molecular complexity index is 581. The van der Waals surface area contributed by atoms with E-state index >= 15 is 0 Å². The molecule has 1 atom stereocenters. The van der Waals surface area contributed by atoms with Gasteiger partial charge in [-0.2, -0.15) is 8.42 Å². The first-order chi connectivity index (χ1) is 8.39. The summed E-state index contributed by atoms with van der Waals surface area (Å²) in [5, 5.41) is -1.66. The molecule has 1 saturated heterocycles. The monoisotopic (exact) mass is 269 g/mol. The van der Waals surface area contributed by atoms with Crippen molar-refractivity contribution < 1.29 is 22.6 Å². The van der Waals surface area contributed by atoms with Gasteiger partial charge in [-0.3, -0.25) is 19.0 Å².